The third kappa shape index (κ3) is 4.97. The van der Waals surface area contributed by atoms with E-state index in [1.165, 1.54) is 31.5 Å². The van der Waals surface area contributed by atoms with Crippen LogP contribution in [-0.4, -0.2) is 34.8 Å². The maximum Gasteiger partial charge on any atom is 0.273 e. The van der Waals surface area contributed by atoms with Crippen molar-refractivity contribution in [1.82, 2.24) is 5.43 Å². The minimum absolute atomic E-state index is 0.136. The number of nitrogens with one attached hydrogen (secondary N) is 2. The lowest BCUT2D eigenvalue weighted by atomic mass is 10.2. The minimum atomic E-state index is -3.78. The van der Waals surface area contributed by atoms with Crippen molar-refractivity contribution in [2.24, 2.45) is 5.10 Å². The largest absolute Gasteiger partial charge is 0.497 e. The fourth-order valence-corrected chi connectivity index (χ4v) is 4.60. The summed E-state index contributed by atoms with van der Waals surface area (Å²) in [6, 6.07) is 14.6. The molecule has 8 nitrogen and oxygen atoms in total. The van der Waals surface area contributed by atoms with Gasteiger partial charge in [-0.15, -0.1) is 11.3 Å². The Labute approximate surface area is 178 Å². The van der Waals surface area contributed by atoms with E-state index in [1.54, 1.807) is 48.9 Å². The van der Waals surface area contributed by atoms with Crippen molar-refractivity contribution in [2.75, 3.05) is 18.9 Å². The fraction of sp³-hybridized carbons (Fsp3) is 0.100. The van der Waals surface area contributed by atoms with Gasteiger partial charge in [-0.25, -0.2) is 13.8 Å². The third-order valence-electron chi connectivity index (χ3n) is 3.99. The van der Waals surface area contributed by atoms with Gasteiger partial charge in [0, 0.05) is 11.6 Å². The number of sulfonamides is 1. The van der Waals surface area contributed by atoms with Crippen molar-refractivity contribution in [1.29, 1.82) is 0 Å². The highest BCUT2D eigenvalue weighted by atomic mass is 32.2. The Kier molecular flexibility index (Phi) is 6.70. The molecule has 2 N–H and O–H groups in total. The molecule has 1 heterocycles. The zero-order valence-electron chi connectivity index (χ0n) is 16.2. The van der Waals surface area contributed by atoms with Gasteiger partial charge in [0.2, 0.25) is 0 Å². The Morgan fingerprint density at radius 2 is 1.87 bits per heavy atom. The van der Waals surface area contributed by atoms with E-state index in [9.17, 15) is 13.2 Å². The minimum Gasteiger partial charge on any atom is -0.497 e. The Morgan fingerprint density at radius 3 is 2.57 bits per heavy atom. The second-order valence-corrected chi connectivity index (χ2v) is 8.75. The number of hydrogen-bond acceptors (Lipinski definition) is 7. The molecular weight excluding hydrogens is 426 g/mol. The lowest BCUT2D eigenvalue weighted by Gasteiger charge is -2.10. The SMILES string of the molecule is COc1ccc(/C=N/NC(=O)c2ccccc2NS(=O)(=O)c2cccs2)c(OC)c1. The number of benzene rings is 2. The van der Waals surface area contributed by atoms with Crippen molar-refractivity contribution in [3.63, 3.8) is 0 Å². The number of thiophene rings is 1. The summed E-state index contributed by atoms with van der Waals surface area (Å²) in [5.74, 6) is 0.583. The Morgan fingerprint density at radius 1 is 1.07 bits per heavy atom. The van der Waals surface area contributed by atoms with Gasteiger partial charge in [-0.1, -0.05) is 18.2 Å². The van der Waals surface area contributed by atoms with E-state index in [-0.39, 0.29) is 15.5 Å². The number of methoxy groups -OCH3 is 2. The maximum absolute atomic E-state index is 12.6. The number of carbonyl (C=O) groups is 1. The van der Waals surface area contributed by atoms with Crippen LogP contribution in [0, 0.1) is 0 Å². The number of ether oxygens (including phenoxy) is 2. The highest BCUT2D eigenvalue weighted by molar-refractivity contribution is 7.94. The summed E-state index contributed by atoms with van der Waals surface area (Å²) in [6.45, 7) is 0. The molecule has 0 atom stereocenters. The average molecular weight is 446 g/mol. The maximum atomic E-state index is 12.6. The first-order valence-corrected chi connectivity index (χ1v) is 11.0. The molecule has 1 amide bonds. The molecule has 30 heavy (non-hydrogen) atoms. The van der Waals surface area contributed by atoms with Crippen molar-refractivity contribution < 1.29 is 22.7 Å². The summed E-state index contributed by atoms with van der Waals surface area (Å²) in [7, 11) is -0.720. The van der Waals surface area contributed by atoms with Crippen LogP contribution in [0.5, 0.6) is 11.5 Å². The molecule has 156 valence electrons. The predicted octanol–water partition coefficient (Wildman–Crippen LogP) is 3.33. The first kappa shape index (κ1) is 21.3. The number of rotatable bonds is 8. The highest BCUT2D eigenvalue weighted by Crippen LogP contribution is 2.24. The standard InChI is InChI=1S/C20H19N3O5S2/c1-27-15-10-9-14(18(12-15)28-2)13-21-22-20(24)16-6-3-4-7-17(16)23-30(25,26)19-8-5-11-29-19/h3-13,23H,1-2H3,(H,22,24)/b21-13+. The van der Waals surface area contributed by atoms with Gasteiger partial charge in [-0.3, -0.25) is 9.52 Å². The highest BCUT2D eigenvalue weighted by Gasteiger charge is 2.19. The quantitative estimate of drug-likeness (QED) is 0.409. The molecule has 0 radical (unpaired) electrons. The summed E-state index contributed by atoms with van der Waals surface area (Å²) >= 11 is 1.09. The zero-order chi connectivity index (χ0) is 21.6. The van der Waals surface area contributed by atoms with Crippen LogP contribution >= 0.6 is 11.3 Å². The van der Waals surface area contributed by atoms with Crippen molar-refractivity contribution in [2.45, 2.75) is 4.21 Å². The van der Waals surface area contributed by atoms with Gasteiger partial charge in [0.1, 0.15) is 15.7 Å². The Hall–Kier alpha value is -3.37. The van der Waals surface area contributed by atoms with Gasteiger partial charge in [0.25, 0.3) is 15.9 Å². The molecule has 3 rings (SSSR count). The normalized spacial score (nSPS) is 11.3. The number of anilines is 1. The lowest BCUT2D eigenvalue weighted by molar-refractivity contribution is 0.0956. The van der Waals surface area contributed by atoms with Crippen LogP contribution in [0.25, 0.3) is 0 Å². The van der Waals surface area contributed by atoms with Crippen LogP contribution in [-0.2, 0) is 10.0 Å². The number of amides is 1. The topological polar surface area (TPSA) is 106 Å². The number of hydrogen-bond donors (Lipinski definition) is 2. The van der Waals surface area contributed by atoms with Crippen LogP contribution in [0.3, 0.4) is 0 Å². The Balaban J connectivity index is 1.76. The van der Waals surface area contributed by atoms with Crippen molar-refractivity contribution in [3.8, 4) is 11.5 Å². The molecule has 0 aliphatic carbocycles. The molecule has 3 aromatic rings. The molecule has 10 heteroatoms. The zero-order valence-corrected chi connectivity index (χ0v) is 17.8. The molecule has 0 spiro atoms. The summed E-state index contributed by atoms with van der Waals surface area (Å²) in [5.41, 5.74) is 3.32. The molecule has 0 fully saturated rings. The predicted molar refractivity (Wildman–Crippen MR) is 116 cm³/mol. The molecule has 1 aromatic heterocycles. The third-order valence-corrected chi connectivity index (χ3v) is 6.75. The van der Waals surface area contributed by atoms with E-state index in [0.717, 1.165) is 11.3 Å². The summed E-state index contributed by atoms with van der Waals surface area (Å²) in [4.78, 5) is 12.6. The molecule has 0 bridgehead atoms. The van der Waals surface area contributed by atoms with E-state index in [0.29, 0.717) is 17.1 Å². The van der Waals surface area contributed by atoms with Crippen LogP contribution < -0.4 is 19.6 Å². The van der Waals surface area contributed by atoms with E-state index < -0.39 is 15.9 Å². The summed E-state index contributed by atoms with van der Waals surface area (Å²) < 4.78 is 38.0. The van der Waals surface area contributed by atoms with Gasteiger partial charge in [-0.2, -0.15) is 5.10 Å². The van der Waals surface area contributed by atoms with Gasteiger partial charge in [0.05, 0.1) is 31.7 Å². The second kappa shape index (κ2) is 9.42. The van der Waals surface area contributed by atoms with Gasteiger partial charge < -0.3 is 9.47 Å². The summed E-state index contributed by atoms with van der Waals surface area (Å²) in [6.07, 6.45) is 1.43. The first-order valence-electron chi connectivity index (χ1n) is 8.65. The van der Waals surface area contributed by atoms with Crippen molar-refractivity contribution >= 4 is 39.2 Å². The monoisotopic (exact) mass is 445 g/mol. The smallest absolute Gasteiger partial charge is 0.273 e. The molecule has 0 saturated heterocycles. The van der Waals surface area contributed by atoms with E-state index in [1.807, 2.05) is 0 Å². The number of carbonyl (C=O) groups excluding carboxylic acids is 1. The summed E-state index contributed by atoms with van der Waals surface area (Å²) in [5, 5.41) is 5.61. The molecule has 2 aromatic carbocycles. The van der Waals surface area contributed by atoms with Gasteiger partial charge >= 0.3 is 0 Å². The van der Waals surface area contributed by atoms with Crippen LogP contribution in [0.1, 0.15) is 15.9 Å². The second-order valence-electron chi connectivity index (χ2n) is 5.89. The van der Waals surface area contributed by atoms with Crippen LogP contribution in [0.4, 0.5) is 5.69 Å². The van der Waals surface area contributed by atoms with Crippen LogP contribution in [0.2, 0.25) is 0 Å². The number of nitrogens with zero attached hydrogens (tertiary/aromatic N) is 1. The molecule has 0 aliphatic heterocycles. The van der Waals surface area contributed by atoms with E-state index in [4.69, 9.17) is 9.47 Å². The van der Waals surface area contributed by atoms with Gasteiger partial charge in [0.15, 0.2) is 0 Å². The number of para-hydroxylation sites is 1. The molecule has 0 saturated carbocycles. The van der Waals surface area contributed by atoms with E-state index in [2.05, 4.69) is 15.2 Å². The van der Waals surface area contributed by atoms with E-state index >= 15 is 0 Å². The lowest BCUT2D eigenvalue weighted by Crippen LogP contribution is -2.21. The molecular formula is C20H19N3O5S2. The van der Waals surface area contributed by atoms with Crippen molar-refractivity contribution in [3.05, 3.63) is 71.1 Å². The first-order chi connectivity index (χ1) is 14.4. The molecule has 0 aliphatic rings. The average Bonchev–Trinajstić information content (AvgIpc) is 3.30. The molecule has 0 unspecified atom stereocenters. The Bertz CT molecular complexity index is 1160. The van der Waals surface area contributed by atoms with Crippen LogP contribution in [0.15, 0.2) is 69.3 Å². The fourth-order valence-electron chi connectivity index (χ4n) is 2.53. The van der Waals surface area contributed by atoms with Gasteiger partial charge in [-0.05, 0) is 35.7 Å². The number of hydrazone groups is 1.